The van der Waals surface area contributed by atoms with E-state index in [2.05, 4.69) is 28.8 Å². The Hall–Kier alpha value is -1.96. The van der Waals surface area contributed by atoms with Crippen LogP contribution in [0.15, 0.2) is 0 Å². The fourth-order valence-corrected chi connectivity index (χ4v) is 2.86. The predicted molar refractivity (Wildman–Crippen MR) is 81.4 cm³/mol. The molecule has 1 fully saturated rings. The summed E-state index contributed by atoms with van der Waals surface area (Å²) in [5.74, 6) is 0.438. The molecule has 0 amide bonds. The number of nitrogens with zero attached hydrogens (tertiary/aromatic N) is 5. The number of aryl methyl sites for hydroxylation is 1. The minimum atomic E-state index is -0.411. The second-order valence-corrected chi connectivity index (χ2v) is 5.47. The first kappa shape index (κ1) is 15.4. The van der Waals surface area contributed by atoms with Crippen LogP contribution in [0.3, 0.4) is 0 Å². The van der Waals surface area contributed by atoms with Gasteiger partial charge in [0, 0.05) is 19.1 Å². The summed E-state index contributed by atoms with van der Waals surface area (Å²) in [5, 5.41) is 11.4. The van der Waals surface area contributed by atoms with Crippen LogP contribution in [0.1, 0.15) is 25.5 Å². The van der Waals surface area contributed by atoms with Gasteiger partial charge in [0.15, 0.2) is 0 Å². The molecule has 1 unspecified atom stereocenters. The molecule has 0 bridgehead atoms. The van der Waals surface area contributed by atoms with Crippen LogP contribution in [-0.4, -0.2) is 52.5 Å². The fourth-order valence-electron chi connectivity index (χ4n) is 2.86. The minimum Gasteiger partial charge on any atom is -0.368 e. The van der Waals surface area contributed by atoms with E-state index >= 15 is 0 Å². The van der Waals surface area contributed by atoms with Crippen molar-refractivity contribution in [3.63, 3.8) is 0 Å². The molecule has 1 aromatic heterocycles. The molecule has 1 aliphatic rings. The third kappa shape index (κ3) is 3.21. The van der Waals surface area contributed by atoms with Gasteiger partial charge in [0.2, 0.25) is 11.8 Å². The lowest BCUT2D eigenvalue weighted by atomic mass is 10.1. The van der Waals surface area contributed by atoms with Gasteiger partial charge in [-0.05, 0) is 33.4 Å². The smallest absolute Gasteiger partial charge is 0.332 e. The SMILES string of the molecule is CCC1CN(C)CCCN1c1nc(N)nc(C)c1[N+](=O)[O-]. The first-order valence-corrected chi connectivity index (χ1v) is 7.17. The second-order valence-electron chi connectivity index (χ2n) is 5.47. The molecular weight excluding hydrogens is 272 g/mol. The van der Waals surface area contributed by atoms with Crippen molar-refractivity contribution < 1.29 is 4.92 Å². The molecule has 2 heterocycles. The molecule has 1 aliphatic heterocycles. The number of rotatable bonds is 3. The van der Waals surface area contributed by atoms with E-state index in [1.165, 1.54) is 0 Å². The van der Waals surface area contributed by atoms with Crippen molar-refractivity contribution in [2.24, 2.45) is 0 Å². The fraction of sp³-hybridized carbons (Fsp3) is 0.692. The Kier molecular flexibility index (Phi) is 4.56. The van der Waals surface area contributed by atoms with Gasteiger partial charge in [-0.2, -0.15) is 4.98 Å². The lowest BCUT2D eigenvalue weighted by Gasteiger charge is -2.31. The van der Waals surface area contributed by atoms with E-state index in [1.807, 2.05) is 4.90 Å². The van der Waals surface area contributed by atoms with Gasteiger partial charge in [0.25, 0.3) is 0 Å². The Morgan fingerprint density at radius 2 is 2.14 bits per heavy atom. The number of aromatic nitrogens is 2. The normalized spacial score (nSPS) is 20.3. The highest BCUT2D eigenvalue weighted by Crippen LogP contribution is 2.32. The summed E-state index contributed by atoms with van der Waals surface area (Å²) < 4.78 is 0. The number of nitrogen functional groups attached to an aromatic ring is 1. The van der Waals surface area contributed by atoms with Crippen LogP contribution in [0.2, 0.25) is 0 Å². The van der Waals surface area contributed by atoms with E-state index < -0.39 is 4.92 Å². The summed E-state index contributed by atoms with van der Waals surface area (Å²) in [6, 6.07) is 0.185. The Morgan fingerprint density at radius 3 is 2.76 bits per heavy atom. The Labute approximate surface area is 124 Å². The van der Waals surface area contributed by atoms with Crippen LogP contribution in [0.5, 0.6) is 0 Å². The number of nitro groups is 1. The van der Waals surface area contributed by atoms with Crippen LogP contribution >= 0.6 is 0 Å². The number of anilines is 2. The predicted octanol–water partition coefficient (Wildman–Crippen LogP) is 1.20. The van der Waals surface area contributed by atoms with Gasteiger partial charge in [0.05, 0.1) is 4.92 Å². The first-order chi connectivity index (χ1) is 9.93. The van der Waals surface area contributed by atoms with E-state index in [0.717, 1.165) is 32.5 Å². The summed E-state index contributed by atoms with van der Waals surface area (Å²) >= 11 is 0. The topological polar surface area (TPSA) is 101 Å². The first-order valence-electron chi connectivity index (χ1n) is 7.17. The number of nitrogens with two attached hydrogens (primary N) is 1. The van der Waals surface area contributed by atoms with Crippen LogP contribution < -0.4 is 10.6 Å². The standard InChI is InChI=1S/C13H22N6O2/c1-4-10-8-17(3)6-5-7-18(10)12-11(19(20)21)9(2)15-13(14)16-12/h10H,4-8H2,1-3H3,(H2,14,15,16). The molecule has 0 radical (unpaired) electrons. The molecule has 2 N–H and O–H groups in total. The summed E-state index contributed by atoms with van der Waals surface area (Å²) in [7, 11) is 2.07. The summed E-state index contributed by atoms with van der Waals surface area (Å²) in [4.78, 5) is 23.3. The molecule has 0 spiro atoms. The van der Waals surface area contributed by atoms with Crippen LogP contribution in [0.25, 0.3) is 0 Å². The number of likely N-dealkylation sites (N-methyl/N-ethyl adjacent to an activating group) is 1. The highest BCUT2D eigenvalue weighted by atomic mass is 16.6. The third-order valence-corrected chi connectivity index (χ3v) is 3.89. The highest BCUT2D eigenvalue weighted by molar-refractivity contribution is 5.62. The number of hydrogen-bond donors (Lipinski definition) is 1. The summed E-state index contributed by atoms with van der Waals surface area (Å²) in [6.45, 7) is 6.25. The van der Waals surface area contributed by atoms with Gasteiger partial charge in [-0.25, -0.2) is 4.98 Å². The van der Waals surface area contributed by atoms with Crippen molar-refractivity contribution in [2.75, 3.05) is 37.3 Å². The van der Waals surface area contributed by atoms with Crippen molar-refractivity contribution in [1.82, 2.24) is 14.9 Å². The van der Waals surface area contributed by atoms with Crippen molar-refractivity contribution in [2.45, 2.75) is 32.7 Å². The molecule has 0 aromatic carbocycles. The molecule has 21 heavy (non-hydrogen) atoms. The van der Waals surface area contributed by atoms with Crippen molar-refractivity contribution in [1.29, 1.82) is 0 Å². The quantitative estimate of drug-likeness (QED) is 0.660. The lowest BCUT2D eigenvalue weighted by molar-refractivity contribution is -0.385. The molecule has 8 nitrogen and oxygen atoms in total. The van der Waals surface area contributed by atoms with Crippen molar-refractivity contribution in [3.8, 4) is 0 Å². The number of hydrogen-bond acceptors (Lipinski definition) is 7. The van der Waals surface area contributed by atoms with Crippen molar-refractivity contribution in [3.05, 3.63) is 15.8 Å². The maximum atomic E-state index is 11.4. The maximum absolute atomic E-state index is 11.4. The van der Waals surface area contributed by atoms with E-state index in [0.29, 0.717) is 11.5 Å². The van der Waals surface area contributed by atoms with Gasteiger partial charge < -0.3 is 15.5 Å². The molecule has 116 valence electrons. The Morgan fingerprint density at radius 1 is 1.43 bits per heavy atom. The third-order valence-electron chi connectivity index (χ3n) is 3.89. The van der Waals surface area contributed by atoms with E-state index in [9.17, 15) is 10.1 Å². The van der Waals surface area contributed by atoms with E-state index in [-0.39, 0.29) is 17.7 Å². The maximum Gasteiger partial charge on any atom is 0.332 e. The van der Waals surface area contributed by atoms with Crippen LogP contribution in [0.4, 0.5) is 17.5 Å². The molecule has 0 aliphatic carbocycles. The van der Waals surface area contributed by atoms with Gasteiger partial charge in [0.1, 0.15) is 5.69 Å². The van der Waals surface area contributed by atoms with Crippen LogP contribution in [-0.2, 0) is 0 Å². The van der Waals surface area contributed by atoms with Gasteiger partial charge in [-0.3, -0.25) is 10.1 Å². The monoisotopic (exact) mass is 294 g/mol. The van der Waals surface area contributed by atoms with Gasteiger partial charge in [-0.15, -0.1) is 0 Å². The van der Waals surface area contributed by atoms with E-state index in [4.69, 9.17) is 5.73 Å². The molecule has 2 rings (SSSR count). The van der Waals surface area contributed by atoms with Crippen molar-refractivity contribution >= 4 is 17.5 Å². The average Bonchev–Trinajstić information content (AvgIpc) is 2.58. The minimum absolute atomic E-state index is 0.0350. The molecule has 8 heteroatoms. The van der Waals surface area contributed by atoms with E-state index in [1.54, 1.807) is 6.92 Å². The molecule has 0 saturated carbocycles. The summed E-state index contributed by atoms with van der Waals surface area (Å²) in [6.07, 6.45) is 1.83. The zero-order valence-electron chi connectivity index (χ0n) is 12.7. The zero-order chi connectivity index (χ0) is 15.6. The van der Waals surface area contributed by atoms with Gasteiger partial charge in [-0.1, -0.05) is 6.92 Å². The molecule has 1 aromatic rings. The lowest BCUT2D eigenvalue weighted by Crippen LogP contribution is -2.40. The molecule has 1 saturated heterocycles. The Bertz CT molecular complexity index is 536. The summed E-state index contributed by atoms with van der Waals surface area (Å²) in [5.41, 5.74) is 5.99. The average molecular weight is 294 g/mol. The zero-order valence-corrected chi connectivity index (χ0v) is 12.7. The van der Waals surface area contributed by atoms with Gasteiger partial charge >= 0.3 is 5.69 Å². The second kappa shape index (κ2) is 6.21. The Balaban J connectivity index is 2.50. The highest BCUT2D eigenvalue weighted by Gasteiger charge is 2.31. The largest absolute Gasteiger partial charge is 0.368 e. The molecular formula is C13H22N6O2. The van der Waals surface area contributed by atoms with Crippen LogP contribution in [0, 0.1) is 17.0 Å². The molecule has 1 atom stereocenters.